The van der Waals surface area contributed by atoms with E-state index < -0.39 is 24.5 Å². The molecule has 8 nitrogen and oxygen atoms in total. The smallest absolute Gasteiger partial charge is 0.412 e. The Morgan fingerprint density at radius 2 is 1.78 bits per heavy atom. The van der Waals surface area contributed by atoms with E-state index in [2.05, 4.69) is 10.6 Å². The number of nitrogens with one attached hydrogen (secondary N) is 2. The van der Waals surface area contributed by atoms with E-state index in [1.165, 1.54) is 12.1 Å². The van der Waals surface area contributed by atoms with Crippen molar-refractivity contribution in [3.05, 3.63) is 66.0 Å². The number of carbonyl (C=O) groups is 3. The number of benzene rings is 1. The first-order valence-electron chi connectivity index (χ1n) is 8.40. The van der Waals surface area contributed by atoms with E-state index in [1.807, 2.05) is 37.3 Å². The van der Waals surface area contributed by atoms with Crippen LogP contribution < -0.4 is 15.2 Å². The molecule has 0 radical (unpaired) electrons. The van der Waals surface area contributed by atoms with Gasteiger partial charge in [-0.3, -0.25) is 9.59 Å². The summed E-state index contributed by atoms with van der Waals surface area (Å²) in [4.78, 5) is 34.0. The molecule has 0 aliphatic heterocycles. The molecule has 1 aromatic carbocycles. The molecule has 0 aliphatic rings. The predicted molar refractivity (Wildman–Crippen MR) is 95.8 cm³/mol. The highest BCUT2D eigenvalue weighted by Gasteiger charge is 2.12. The second-order valence-corrected chi connectivity index (χ2v) is 5.97. The van der Waals surface area contributed by atoms with Crippen molar-refractivity contribution in [3.8, 4) is 0 Å². The molecule has 2 aromatic rings. The Morgan fingerprint density at radius 1 is 1.11 bits per heavy atom. The molecule has 1 aromatic heterocycles. The van der Waals surface area contributed by atoms with Gasteiger partial charge in [0.1, 0.15) is 6.54 Å². The van der Waals surface area contributed by atoms with Crippen molar-refractivity contribution < 1.29 is 28.8 Å². The van der Waals surface area contributed by atoms with Crippen molar-refractivity contribution in [2.75, 3.05) is 6.54 Å². The molecule has 8 heteroatoms. The van der Waals surface area contributed by atoms with Crippen LogP contribution in [0.3, 0.4) is 0 Å². The van der Waals surface area contributed by atoms with Gasteiger partial charge >= 0.3 is 12.1 Å². The summed E-state index contributed by atoms with van der Waals surface area (Å²) in [6.07, 6.45) is 3.30. The minimum absolute atomic E-state index is 0.0130. The molecule has 1 heterocycles. The summed E-state index contributed by atoms with van der Waals surface area (Å²) in [5.74, 6) is -1.60. The van der Waals surface area contributed by atoms with Crippen LogP contribution in [-0.4, -0.2) is 35.7 Å². The summed E-state index contributed by atoms with van der Waals surface area (Å²) in [6, 6.07) is 12.8. The van der Waals surface area contributed by atoms with E-state index in [-0.39, 0.29) is 12.8 Å². The maximum atomic E-state index is 11.9. The number of amides is 2. The van der Waals surface area contributed by atoms with Gasteiger partial charge in [-0.1, -0.05) is 30.3 Å². The van der Waals surface area contributed by atoms with Gasteiger partial charge in [0, 0.05) is 18.2 Å². The van der Waals surface area contributed by atoms with E-state index in [1.54, 1.807) is 17.0 Å². The van der Waals surface area contributed by atoms with Crippen LogP contribution in [0.1, 0.15) is 22.8 Å². The zero-order chi connectivity index (χ0) is 19.6. The molecule has 0 unspecified atom stereocenters. The molecule has 142 valence electrons. The number of rotatable bonds is 8. The third kappa shape index (κ3) is 7.15. The van der Waals surface area contributed by atoms with Gasteiger partial charge in [-0.25, -0.2) is 4.79 Å². The monoisotopic (exact) mass is 372 g/mol. The Hall–Kier alpha value is -3.42. The van der Waals surface area contributed by atoms with Crippen LogP contribution in [0, 0.1) is 0 Å². The fourth-order valence-electron chi connectivity index (χ4n) is 2.35. The number of carboxylic acid groups (broad SMARTS) is 1. The maximum Gasteiger partial charge on any atom is 0.412 e. The molecule has 0 spiro atoms. The van der Waals surface area contributed by atoms with Gasteiger partial charge in [-0.15, -0.1) is 0 Å². The van der Waals surface area contributed by atoms with E-state index in [0.29, 0.717) is 12.0 Å². The Morgan fingerprint density at radius 3 is 2.41 bits per heavy atom. The van der Waals surface area contributed by atoms with E-state index in [4.69, 9.17) is 9.84 Å². The second-order valence-electron chi connectivity index (χ2n) is 5.97. The molecule has 2 rings (SSSR count). The Balaban J connectivity index is 1.76. The summed E-state index contributed by atoms with van der Waals surface area (Å²) in [5, 5.41) is 13.6. The maximum absolute atomic E-state index is 11.9. The third-order valence-corrected chi connectivity index (χ3v) is 3.65. The minimum Gasteiger partial charge on any atom is -0.480 e. The van der Waals surface area contributed by atoms with E-state index in [0.717, 1.165) is 5.56 Å². The van der Waals surface area contributed by atoms with Crippen molar-refractivity contribution in [3.63, 3.8) is 0 Å². The van der Waals surface area contributed by atoms with E-state index in [9.17, 15) is 14.4 Å². The highest BCUT2D eigenvalue weighted by molar-refractivity contribution is 5.95. The zero-order valence-electron chi connectivity index (χ0n) is 14.9. The lowest BCUT2D eigenvalue weighted by Crippen LogP contribution is -2.40. The summed E-state index contributed by atoms with van der Waals surface area (Å²) >= 11 is 0. The fourth-order valence-corrected chi connectivity index (χ4v) is 2.35. The molecule has 0 saturated carbocycles. The topological polar surface area (TPSA) is 109 Å². The number of carboxylic acids is 1. The van der Waals surface area contributed by atoms with Crippen LogP contribution in [0.4, 0.5) is 4.79 Å². The van der Waals surface area contributed by atoms with Gasteiger partial charge < -0.3 is 20.5 Å². The van der Waals surface area contributed by atoms with Crippen molar-refractivity contribution in [2.24, 2.45) is 0 Å². The van der Waals surface area contributed by atoms with Crippen molar-refractivity contribution in [1.29, 1.82) is 0 Å². The highest BCUT2D eigenvalue weighted by atomic mass is 16.6. The first kappa shape index (κ1) is 19.9. The lowest BCUT2D eigenvalue weighted by Gasteiger charge is -2.13. The number of aromatic nitrogens is 1. The summed E-state index contributed by atoms with van der Waals surface area (Å²) in [5.41, 5.74) is 1.44. The molecule has 0 fully saturated rings. The van der Waals surface area contributed by atoms with Gasteiger partial charge in [-0.05, 0) is 18.9 Å². The Bertz CT molecular complexity index is 778. The second kappa shape index (κ2) is 9.91. The average Bonchev–Trinajstić information content (AvgIpc) is 2.65. The predicted octanol–water partition coefficient (Wildman–Crippen LogP) is 1.10. The Labute approximate surface area is 156 Å². The number of carbonyl (C=O) groups excluding carboxylic acids is 2. The SMILES string of the molecule is C[C@@H](Cc1ccccc1)NC(=O)OC[n+]1ccc(C(=O)NCC(=O)O)cc1. The van der Waals surface area contributed by atoms with Crippen LogP contribution in [0.2, 0.25) is 0 Å². The van der Waals surface area contributed by atoms with Gasteiger partial charge in [0.05, 0.1) is 5.56 Å². The molecule has 0 aliphatic carbocycles. The number of nitrogens with zero attached hydrogens (tertiary/aromatic N) is 1. The molecule has 0 bridgehead atoms. The minimum atomic E-state index is -1.12. The van der Waals surface area contributed by atoms with Crippen LogP contribution in [0.5, 0.6) is 0 Å². The number of hydrogen-bond donors (Lipinski definition) is 3. The van der Waals surface area contributed by atoms with Crippen LogP contribution in [0.25, 0.3) is 0 Å². The first-order chi connectivity index (χ1) is 12.9. The molecule has 2 amide bonds. The highest BCUT2D eigenvalue weighted by Crippen LogP contribution is 2.02. The zero-order valence-corrected chi connectivity index (χ0v) is 14.9. The first-order valence-corrected chi connectivity index (χ1v) is 8.40. The normalized spacial score (nSPS) is 11.3. The molecule has 0 saturated heterocycles. The van der Waals surface area contributed by atoms with Crippen LogP contribution in [-0.2, 0) is 22.7 Å². The summed E-state index contributed by atoms with van der Waals surface area (Å²) in [6.45, 7) is 1.44. The lowest BCUT2D eigenvalue weighted by molar-refractivity contribution is -0.727. The fraction of sp³-hybridized carbons (Fsp3) is 0.263. The molecular weight excluding hydrogens is 350 g/mol. The van der Waals surface area contributed by atoms with E-state index >= 15 is 0 Å². The standard InChI is InChI=1S/C19H21N3O5/c1-14(11-15-5-3-2-4-6-15)21-19(26)27-13-22-9-7-16(8-10-22)18(25)20-12-17(23)24/h2-10,14H,11-13H2,1H3,(H2-,20,21,23,24,25,26)/p+1/t14-/m0/s1. The molecule has 3 N–H and O–H groups in total. The summed E-state index contributed by atoms with van der Waals surface area (Å²) < 4.78 is 6.73. The molecule has 1 atom stereocenters. The van der Waals surface area contributed by atoms with Crippen molar-refractivity contribution in [2.45, 2.75) is 26.1 Å². The van der Waals surface area contributed by atoms with Crippen molar-refractivity contribution >= 4 is 18.0 Å². The number of alkyl carbamates (subject to hydrolysis) is 1. The number of pyridine rings is 1. The van der Waals surface area contributed by atoms with Gasteiger partial charge in [-0.2, -0.15) is 4.57 Å². The third-order valence-electron chi connectivity index (χ3n) is 3.65. The Kier molecular flexibility index (Phi) is 7.30. The number of hydrogen-bond acceptors (Lipinski definition) is 4. The number of aliphatic carboxylic acids is 1. The molecule has 27 heavy (non-hydrogen) atoms. The molecular formula is C19H22N3O5+. The number of ether oxygens (including phenoxy) is 1. The van der Waals surface area contributed by atoms with Crippen molar-refractivity contribution in [1.82, 2.24) is 10.6 Å². The van der Waals surface area contributed by atoms with Gasteiger partial charge in [0.15, 0.2) is 12.4 Å². The van der Waals surface area contributed by atoms with Gasteiger partial charge in [0.25, 0.3) is 12.6 Å². The average molecular weight is 372 g/mol. The quantitative estimate of drug-likeness (QED) is 0.602. The largest absolute Gasteiger partial charge is 0.480 e. The van der Waals surface area contributed by atoms with Gasteiger partial charge in [0.2, 0.25) is 0 Å². The van der Waals surface area contributed by atoms with Crippen LogP contribution >= 0.6 is 0 Å². The lowest BCUT2D eigenvalue weighted by atomic mass is 10.1. The van der Waals surface area contributed by atoms with Crippen LogP contribution in [0.15, 0.2) is 54.9 Å². The summed E-state index contributed by atoms with van der Waals surface area (Å²) in [7, 11) is 0.